The highest BCUT2D eigenvalue weighted by atomic mass is 19.1. The third-order valence-electron chi connectivity index (χ3n) is 2.45. The lowest BCUT2D eigenvalue weighted by molar-refractivity contribution is -0.385. The minimum absolute atomic E-state index is 0.00871. The molecule has 0 saturated carbocycles. The standard InChI is InChI=1S/C13H14FNO6/c1-2-20-13(17)12(16)8-9-7-10(21-6-5-14)3-4-11(9)15(18)19/h3-4,7H,2,5-6,8H2,1H3. The fourth-order valence-electron chi connectivity index (χ4n) is 1.58. The van der Waals surface area contributed by atoms with Gasteiger partial charge in [-0.3, -0.25) is 14.9 Å². The molecule has 0 saturated heterocycles. The van der Waals surface area contributed by atoms with Crippen molar-refractivity contribution in [2.24, 2.45) is 0 Å². The Labute approximate surface area is 119 Å². The molecule has 0 aliphatic carbocycles. The van der Waals surface area contributed by atoms with Crippen LogP contribution in [0.2, 0.25) is 0 Å². The van der Waals surface area contributed by atoms with Gasteiger partial charge < -0.3 is 9.47 Å². The zero-order valence-electron chi connectivity index (χ0n) is 11.3. The number of ketones is 1. The Morgan fingerprint density at radius 2 is 2.10 bits per heavy atom. The largest absolute Gasteiger partial charge is 0.491 e. The number of alkyl halides is 1. The lowest BCUT2D eigenvalue weighted by atomic mass is 10.1. The third kappa shape index (κ3) is 4.83. The molecular weight excluding hydrogens is 285 g/mol. The molecule has 8 heteroatoms. The molecule has 0 atom stereocenters. The summed E-state index contributed by atoms with van der Waals surface area (Å²) in [7, 11) is 0. The van der Waals surface area contributed by atoms with Gasteiger partial charge in [0.15, 0.2) is 0 Å². The van der Waals surface area contributed by atoms with Gasteiger partial charge in [-0.25, -0.2) is 9.18 Å². The molecule has 0 aromatic heterocycles. The van der Waals surface area contributed by atoms with Crippen LogP contribution in [0.5, 0.6) is 5.75 Å². The zero-order valence-corrected chi connectivity index (χ0v) is 11.3. The van der Waals surface area contributed by atoms with Crippen molar-refractivity contribution in [3.05, 3.63) is 33.9 Å². The Bertz CT molecular complexity index is 545. The number of nitro groups is 1. The van der Waals surface area contributed by atoms with Crippen molar-refractivity contribution < 1.29 is 28.4 Å². The predicted octanol–water partition coefficient (Wildman–Crippen LogP) is 1.62. The molecule has 0 spiro atoms. The van der Waals surface area contributed by atoms with Gasteiger partial charge in [-0.2, -0.15) is 0 Å². The van der Waals surface area contributed by atoms with E-state index >= 15 is 0 Å². The fraction of sp³-hybridized carbons (Fsp3) is 0.385. The second-order valence-electron chi connectivity index (χ2n) is 3.91. The number of hydrogen-bond acceptors (Lipinski definition) is 6. The molecule has 1 aromatic carbocycles. The average molecular weight is 299 g/mol. The van der Waals surface area contributed by atoms with Gasteiger partial charge in [0.2, 0.25) is 5.78 Å². The number of benzene rings is 1. The van der Waals surface area contributed by atoms with E-state index in [-0.39, 0.29) is 30.2 Å². The minimum atomic E-state index is -1.05. The SMILES string of the molecule is CCOC(=O)C(=O)Cc1cc(OCCF)ccc1[N+](=O)[O-]. The van der Waals surface area contributed by atoms with E-state index in [4.69, 9.17) is 4.74 Å². The van der Waals surface area contributed by atoms with Crippen LogP contribution in [0.15, 0.2) is 18.2 Å². The van der Waals surface area contributed by atoms with Gasteiger partial charge in [0.05, 0.1) is 11.5 Å². The first-order chi connectivity index (χ1) is 9.99. The van der Waals surface area contributed by atoms with E-state index in [0.29, 0.717) is 0 Å². The van der Waals surface area contributed by atoms with Crippen LogP contribution in [0.25, 0.3) is 0 Å². The maximum Gasteiger partial charge on any atom is 0.374 e. The van der Waals surface area contributed by atoms with Crippen LogP contribution >= 0.6 is 0 Å². The highest BCUT2D eigenvalue weighted by Gasteiger charge is 2.22. The van der Waals surface area contributed by atoms with Crippen LogP contribution in [-0.4, -0.2) is 36.6 Å². The first-order valence-electron chi connectivity index (χ1n) is 6.15. The maximum atomic E-state index is 12.0. The van der Waals surface area contributed by atoms with Gasteiger partial charge in [0.1, 0.15) is 19.0 Å². The molecule has 0 bridgehead atoms. The molecule has 0 amide bonds. The van der Waals surface area contributed by atoms with Gasteiger partial charge in [0, 0.05) is 18.1 Å². The van der Waals surface area contributed by atoms with Crippen LogP contribution in [-0.2, 0) is 20.7 Å². The van der Waals surface area contributed by atoms with E-state index in [1.54, 1.807) is 6.92 Å². The van der Waals surface area contributed by atoms with Crippen molar-refractivity contribution >= 4 is 17.4 Å². The molecular formula is C13H14FNO6. The number of hydrogen-bond donors (Lipinski definition) is 0. The van der Waals surface area contributed by atoms with Crippen LogP contribution in [0.4, 0.5) is 10.1 Å². The number of nitro benzene ring substituents is 1. The molecule has 1 aromatic rings. The van der Waals surface area contributed by atoms with E-state index in [9.17, 15) is 24.1 Å². The summed E-state index contributed by atoms with van der Waals surface area (Å²) in [6.45, 7) is 0.655. The summed E-state index contributed by atoms with van der Waals surface area (Å²) in [5.74, 6) is -1.77. The summed E-state index contributed by atoms with van der Waals surface area (Å²) < 4.78 is 21.6. The number of ether oxygens (including phenoxy) is 2. The summed E-state index contributed by atoms with van der Waals surface area (Å²) in [6, 6.07) is 3.68. The molecule has 0 unspecified atom stereocenters. The number of carbonyl (C=O) groups excluding carboxylic acids is 2. The normalized spacial score (nSPS) is 10.0. The van der Waals surface area contributed by atoms with Gasteiger partial charge >= 0.3 is 5.97 Å². The zero-order chi connectivity index (χ0) is 15.8. The molecule has 0 N–H and O–H groups in total. The van der Waals surface area contributed by atoms with Crippen molar-refractivity contribution in [2.45, 2.75) is 13.3 Å². The highest BCUT2D eigenvalue weighted by molar-refractivity contribution is 6.34. The van der Waals surface area contributed by atoms with E-state index in [1.165, 1.54) is 12.1 Å². The second kappa shape index (κ2) is 7.93. The Morgan fingerprint density at radius 3 is 2.67 bits per heavy atom. The quantitative estimate of drug-likeness (QED) is 0.313. The van der Waals surface area contributed by atoms with Crippen molar-refractivity contribution in [3.63, 3.8) is 0 Å². The second-order valence-corrected chi connectivity index (χ2v) is 3.91. The molecule has 0 aliphatic heterocycles. The first kappa shape index (κ1) is 16.5. The summed E-state index contributed by atoms with van der Waals surface area (Å²) in [5.41, 5.74) is -0.311. The smallest absolute Gasteiger partial charge is 0.374 e. The number of halogens is 1. The topological polar surface area (TPSA) is 95.7 Å². The summed E-state index contributed by atoms with van der Waals surface area (Å²) in [5, 5.41) is 10.9. The fourth-order valence-corrected chi connectivity index (χ4v) is 1.58. The molecule has 7 nitrogen and oxygen atoms in total. The van der Waals surface area contributed by atoms with Crippen LogP contribution < -0.4 is 4.74 Å². The van der Waals surface area contributed by atoms with Crippen LogP contribution in [0, 0.1) is 10.1 Å². The predicted molar refractivity (Wildman–Crippen MR) is 69.9 cm³/mol. The van der Waals surface area contributed by atoms with Crippen LogP contribution in [0.3, 0.4) is 0 Å². The summed E-state index contributed by atoms with van der Waals surface area (Å²) >= 11 is 0. The van der Waals surface area contributed by atoms with Gasteiger partial charge in [-0.1, -0.05) is 0 Å². The molecule has 0 heterocycles. The van der Waals surface area contributed by atoms with Gasteiger partial charge in [-0.15, -0.1) is 0 Å². The number of nitrogens with zero attached hydrogens (tertiary/aromatic N) is 1. The van der Waals surface area contributed by atoms with Crippen molar-refractivity contribution in [3.8, 4) is 5.75 Å². The van der Waals surface area contributed by atoms with E-state index in [2.05, 4.69) is 4.74 Å². The van der Waals surface area contributed by atoms with Gasteiger partial charge in [0.25, 0.3) is 5.69 Å². The van der Waals surface area contributed by atoms with Gasteiger partial charge in [-0.05, 0) is 19.1 Å². The van der Waals surface area contributed by atoms with Crippen molar-refractivity contribution in [2.75, 3.05) is 19.9 Å². The Kier molecular flexibility index (Phi) is 6.25. The number of Topliss-reactive ketones (excluding diaryl/α,β-unsaturated/α-hetero) is 1. The van der Waals surface area contributed by atoms with E-state index in [1.807, 2.05) is 0 Å². The lowest BCUT2D eigenvalue weighted by Gasteiger charge is -2.07. The maximum absolute atomic E-state index is 12.0. The molecule has 114 valence electrons. The van der Waals surface area contributed by atoms with E-state index < -0.39 is 29.8 Å². The van der Waals surface area contributed by atoms with Crippen molar-refractivity contribution in [1.82, 2.24) is 0 Å². The Balaban J connectivity index is 2.97. The lowest BCUT2D eigenvalue weighted by Crippen LogP contribution is -2.20. The number of rotatable bonds is 8. The Morgan fingerprint density at radius 1 is 1.38 bits per heavy atom. The molecule has 0 aliphatic rings. The van der Waals surface area contributed by atoms with Crippen LogP contribution in [0.1, 0.15) is 12.5 Å². The molecule has 0 radical (unpaired) electrons. The average Bonchev–Trinajstić information content (AvgIpc) is 2.45. The highest BCUT2D eigenvalue weighted by Crippen LogP contribution is 2.25. The number of carbonyl (C=O) groups is 2. The molecule has 0 fully saturated rings. The third-order valence-corrected chi connectivity index (χ3v) is 2.45. The number of esters is 1. The Hall–Kier alpha value is -2.51. The molecule has 21 heavy (non-hydrogen) atoms. The molecule has 1 rings (SSSR count). The summed E-state index contributed by atoms with van der Waals surface area (Å²) in [6.07, 6.45) is -0.484. The minimum Gasteiger partial charge on any atom is -0.491 e. The van der Waals surface area contributed by atoms with Crippen molar-refractivity contribution in [1.29, 1.82) is 0 Å². The first-order valence-corrected chi connectivity index (χ1v) is 6.15. The monoisotopic (exact) mass is 299 g/mol. The van der Waals surface area contributed by atoms with E-state index in [0.717, 1.165) is 6.07 Å². The summed E-state index contributed by atoms with van der Waals surface area (Å²) in [4.78, 5) is 33.1.